The van der Waals surface area contributed by atoms with Gasteiger partial charge in [-0.2, -0.15) is 0 Å². The van der Waals surface area contributed by atoms with Crippen LogP contribution in [0.15, 0.2) is 97.1 Å². The van der Waals surface area contributed by atoms with Gasteiger partial charge in [0, 0.05) is 24.3 Å². The molecule has 6 nitrogen and oxygen atoms in total. The predicted molar refractivity (Wildman–Crippen MR) is 146 cm³/mol. The van der Waals surface area contributed by atoms with Gasteiger partial charge in [0.1, 0.15) is 0 Å². The molecule has 0 saturated carbocycles. The highest BCUT2D eigenvalue weighted by atomic mass is 16.6. The van der Waals surface area contributed by atoms with Crippen LogP contribution in [-0.2, 0) is 0 Å². The van der Waals surface area contributed by atoms with E-state index in [4.69, 9.17) is 0 Å². The fraction of sp³-hybridized carbons (Fsp3) is 0. The summed E-state index contributed by atoms with van der Waals surface area (Å²) in [7, 11) is 0. The number of non-ortho nitro benzene ring substituents is 2. The molecule has 6 heteroatoms. The number of fused-ring (bicyclic) bond motifs is 2. The summed E-state index contributed by atoms with van der Waals surface area (Å²) in [6, 6.07) is 29.3. The second kappa shape index (κ2) is 9.64. The van der Waals surface area contributed by atoms with Crippen molar-refractivity contribution >= 4 is 57.2 Å². The monoisotopic (exact) mass is 472 g/mol. The van der Waals surface area contributed by atoms with E-state index in [0.717, 1.165) is 43.8 Å². The number of hydrogen-bond acceptors (Lipinski definition) is 4. The van der Waals surface area contributed by atoms with Crippen molar-refractivity contribution < 1.29 is 9.85 Å². The van der Waals surface area contributed by atoms with Crippen molar-refractivity contribution in [2.75, 3.05) is 0 Å². The maximum absolute atomic E-state index is 11.0. The van der Waals surface area contributed by atoms with Crippen LogP contribution < -0.4 is 0 Å². The van der Waals surface area contributed by atoms with Crippen molar-refractivity contribution in [2.24, 2.45) is 0 Å². The number of hydrogen-bond donors (Lipinski definition) is 0. The number of nitro benzene ring substituents is 2. The summed E-state index contributed by atoms with van der Waals surface area (Å²) in [5.41, 5.74) is 3.99. The van der Waals surface area contributed by atoms with Gasteiger partial charge < -0.3 is 0 Å². The van der Waals surface area contributed by atoms with E-state index < -0.39 is 9.85 Å². The first-order valence-electron chi connectivity index (χ1n) is 11.3. The van der Waals surface area contributed by atoms with Gasteiger partial charge in [0.05, 0.1) is 9.85 Å². The summed E-state index contributed by atoms with van der Waals surface area (Å²) in [6.45, 7) is 0. The Morgan fingerprint density at radius 1 is 0.444 bits per heavy atom. The highest BCUT2D eigenvalue weighted by Crippen LogP contribution is 2.35. The van der Waals surface area contributed by atoms with E-state index in [1.807, 2.05) is 36.4 Å². The van der Waals surface area contributed by atoms with E-state index in [1.54, 1.807) is 24.3 Å². The molecular weight excluding hydrogens is 452 g/mol. The summed E-state index contributed by atoms with van der Waals surface area (Å²) in [5, 5.41) is 26.2. The third kappa shape index (κ3) is 4.48. The molecule has 0 aliphatic rings. The van der Waals surface area contributed by atoms with E-state index in [1.165, 1.54) is 24.3 Å². The molecule has 0 saturated heterocycles. The standard InChI is InChI=1S/C30H20N2O4/c33-31(34)23-15-9-21(10-16-23)13-19-29-25-5-1-2-6-26(25)30(28-8-4-3-7-27(28)29)20-14-22-11-17-24(18-12-22)32(35)36/h1-20H/b19-13+,20-14+. The van der Waals surface area contributed by atoms with Gasteiger partial charge in [-0.1, -0.05) is 72.8 Å². The summed E-state index contributed by atoms with van der Waals surface area (Å²) < 4.78 is 0. The minimum Gasteiger partial charge on any atom is -0.258 e. The second-order valence-corrected chi connectivity index (χ2v) is 8.28. The van der Waals surface area contributed by atoms with E-state index in [-0.39, 0.29) is 11.4 Å². The molecular formula is C30H20N2O4. The quantitative estimate of drug-likeness (QED) is 0.108. The van der Waals surface area contributed by atoms with Gasteiger partial charge in [-0.05, 0) is 68.1 Å². The topological polar surface area (TPSA) is 86.3 Å². The molecule has 0 bridgehead atoms. The normalized spacial score (nSPS) is 11.6. The van der Waals surface area contributed by atoms with Crippen LogP contribution in [0.2, 0.25) is 0 Å². The second-order valence-electron chi connectivity index (χ2n) is 8.28. The van der Waals surface area contributed by atoms with Gasteiger partial charge in [0.25, 0.3) is 11.4 Å². The van der Waals surface area contributed by atoms with Crippen LogP contribution in [0.5, 0.6) is 0 Å². The SMILES string of the molecule is O=[N+]([O-])c1ccc(/C=C/c2c3ccccc3c(/C=C/c3ccc([N+](=O)[O-])cc3)c3ccccc23)cc1. The van der Waals surface area contributed by atoms with Crippen LogP contribution in [-0.4, -0.2) is 9.85 Å². The van der Waals surface area contributed by atoms with Gasteiger partial charge in [0.2, 0.25) is 0 Å². The zero-order valence-corrected chi connectivity index (χ0v) is 19.1. The molecule has 0 aliphatic carbocycles. The smallest absolute Gasteiger partial charge is 0.258 e. The number of nitrogens with zero attached hydrogens (tertiary/aromatic N) is 2. The van der Waals surface area contributed by atoms with E-state index in [9.17, 15) is 20.2 Å². The number of benzene rings is 5. The van der Waals surface area contributed by atoms with Crippen LogP contribution >= 0.6 is 0 Å². The minimum atomic E-state index is -0.405. The molecule has 174 valence electrons. The van der Waals surface area contributed by atoms with Gasteiger partial charge in [-0.3, -0.25) is 20.2 Å². The highest BCUT2D eigenvalue weighted by molar-refractivity contribution is 6.14. The van der Waals surface area contributed by atoms with Crippen molar-refractivity contribution in [2.45, 2.75) is 0 Å². The van der Waals surface area contributed by atoms with Crippen molar-refractivity contribution in [3.05, 3.63) is 140 Å². The Morgan fingerprint density at radius 2 is 0.750 bits per heavy atom. The van der Waals surface area contributed by atoms with Gasteiger partial charge >= 0.3 is 0 Å². The third-order valence-corrected chi connectivity index (χ3v) is 6.11. The summed E-state index contributed by atoms with van der Waals surface area (Å²) >= 11 is 0. The largest absolute Gasteiger partial charge is 0.269 e. The summed E-state index contributed by atoms with van der Waals surface area (Å²) in [5.74, 6) is 0. The molecule has 0 radical (unpaired) electrons. The fourth-order valence-corrected chi connectivity index (χ4v) is 4.33. The molecule has 0 aromatic heterocycles. The van der Waals surface area contributed by atoms with Crippen LogP contribution in [0.25, 0.3) is 45.8 Å². The lowest BCUT2D eigenvalue weighted by atomic mass is 9.91. The van der Waals surface area contributed by atoms with E-state index >= 15 is 0 Å². The van der Waals surface area contributed by atoms with Crippen molar-refractivity contribution in [1.29, 1.82) is 0 Å². The molecule has 0 spiro atoms. The van der Waals surface area contributed by atoms with E-state index in [2.05, 4.69) is 36.4 Å². The van der Waals surface area contributed by atoms with Crippen LogP contribution in [0.4, 0.5) is 11.4 Å². The Morgan fingerprint density at radius 3 is 1.03 bits per heavy atom. The molecule has 0 heterocycles. The minimum absolute atomic E-state index is 0.0622. The summed E-state index contributed by atoms with van der Waals surface area (Å²) in [6.07, 6.45) is 8.03. The van der Waals surface area contributed by atoms with Crippen molar-refractivity contribution in [3.63, 3.8) is 0 Å². The van der Waals surface area contributed by atoms with Gasteiger partial charge in [-0.25, -0.2) is 0 Å². The van der Waals surface area contributed by atoms with Crippen molar-refractivity contribution in [1.82, 2.24) is 0 Å². The molecule has 5 aromatic carbocycles. The maximum atomic E-state index is 11.0. The average Bonchev–Trinajstić information content (AvgIpc) is 2.91. The number of nitro groups is 2. The van der Waals surface area contributed by atoms with E-state index in [0.29, 0.717) is 0 Å². The third-order valence-electron chi connectivity index (χ3n) is 6.11. The Labute approximate surface area is 206 Å². The van der Waals surface area contributed by atoms with Gasteiger partial charge in [-0.15, -0.1) is 0 Å². The molecule has 0 aliphatic heterocycles. The van der Waals surface area contributed by atoms with Crippen LogP contribution in [0, 0.1) is 20.2 Å². The molecule has 0 N–H and O–H groups in total. The first-order valence-corrected chi connectivity index (χ1v) is 11.3. The summed E-state index contributed by atoms with van der Waals surface area (Å²) in [4.78, 5) is 21.1. The Balaban J connectivity index is 1.62. The zero-order valence-electron chi connectivity index (χ0n) is 19.1. The lowest BCUT2D eigenvalue weighted by molar-refractivity contribution is -0.385. The Bertz CT molecular complexity index is 1490. The molecule has 0 fully saturated rings. The Hall–Kier alpha value is -5.10. The molecule has 36 heavy (non-hydrogen) atoms. The first-order chi connectivity index (χ1) is 17.5. The van der Waals surface area contributed by atoms with Crippen LogP contribution in [0.1, 0.15) is 22.3 Å². The fourth-order valence-electron chi connectivity index (χ4n) is 4.33. The molecule has 0 unspecified atom stereocenters. The van der Waals surface area contributed by atoms with Crippen LogP contribution in [0.3, 0.4) is 0 Å². The van der Waals surface area contributed by atoms with Crippen molar-refractivity contribution in [3.8, 4) is 0 Å². The molecule has 5 aromatic rings. The predicted octanol–water partition coefficient (Wildman–Crippen LogP) is 8.15. The zero-order chi connectivity index (χ0) is 25.1. The molecule has 5 rings (SSSR count). The van der Waals surface area contributed by atoms with Gasteiger partial charge in [0.15, 0.2) is 0 Å². The first kappa shape index (κ1) is 22.7. The Kier molecular flexibility index (Phi) is 6.07. The number of rotatable bonds is 6. The highest BCUT2D eigenvalue weighted by Gasteiger charge is 2.11. The molecule has 0 atom stereocenters. The maximum Gasteiger partial charge on any atom is 0.269 e. The molecule has 0 amide bonds. The lowest BCUT2D eigenvalue weighted by Crippen LogP contribution is -1.89. The average molecular weight is 473 g/mol. The lowest BCUT2D eigenvalue weighted by Gasteiger charge is -2.13.